The van der Waals surface area contributed by atoms with Crippen LogP contribution in [0.25, 0.3) is 0 Å². The Labute approximate surface area is 82.1 Å². The first kappa shape index (κ1) is 12.9. The molecule has 6 nitrogen and oxygen atoms in total. The number of carbonyl (C=O) groups excluding carboxylic acids is 1. The van der Waals surface area contributed by atoms with Crippen LogP contribution in [0, 0.1) is 0 Å². The third kappa shape index (κ3) is 5.50. The Morgan fingerprint density at radius 2 is 2.00 bits per heavy atom. The molecule has 14 heavy (non-hydrogen) atoms. The van der Waals surface area contributed by atoms with E-state index in [9.17, 15) is 9.59 Å². The van der Waals surface area contributed by atoms with Crippen LogP contribution in [0.15, 0.2) is 0 Å². The molecule has 0 aromatic carbocycles. The summed E-state index contributed by atoms with van der Waals surface area (Å²) in [6.07, 6.45) is 1.59. The van der Waals surface area contributed by atoms with E-state index in [0.717, 1.165) is 6.42 Å². The molecule has 5 N–H and O–H groups in total. The molecule has 0 heterocycles. The maximum absolute atomic E-state index is 11.1. The minimum Gasteiger partial charge on any atom is -0.480 e. The molecule has 0 saturated heterocycles. The molecule has 0 aromatic rings. The molecule has 0 aliphatic heterocycles. The third-order valence-corrected chi connectivity index (χ3v) is 1.67. The van der Waals surface area contributed by atoms with Crippen LogP contribution in [0.2, 0.25) is 0 Å². The molecule has 0 bridgehead atoms. The first-order valence-electron chi connectivity index (χ1n) is 4.45. The second-order valence-electron chi connectivity index (χ2n) is 2.89. The maximum atomic E-state index is 11.1. The Balaban J connectivity index is 3.74. The van der Waals surface area contributed by atoms with Gasteiger partial charge in [0.05, 0.1) is 6.61 Å². The number of carboxylic acids is 1. The fraction of sp³-hybridized carbons (Fsp3) is 0.750. The fourth-order valence-corrected chi connectivity index (χ4v) is 0.882. The Morgan fingerprint density at radius 1 is 1.36 bits per heavy atom. The van der Waals surface area contributed by atoms with Gasteiger partial charge < -0.3 is 21.3 Å². The van der Waals surface area contributed by atoms with E-state index in [1.54, 1.807) is 0 Å². The van der Waals surface area contributed by atoms with Crippen molar-refractivity contribution in [2.45, 2.75) is 25.3 Å². The van der Waals surface area contributed by atoms with E-state index < -0.39 is 18.6 Å². The van der Waals surface area contributed by atoms with E-state index in [1.165, 1.54) is 0 Å². The van der Waals surface area contributed by atoms with E-state index in [0.29, 0.717) is 13.0 Å². The van der Waals surface area contributed by atoms with Gasteiger partial charge in [-0.05, 0) is 19.4 Å². The smallest absolute Gasteiger partial charge is 0.328 e. The number of nitrogens with one attached hydrogen (secondary N) is 1. The lowest BCUT2D eigenvalue weighted by molar-refractivity contribution is -0.142. The lowest BCUT2D eigenvalue weighted by Crippen LogP contribution is -2.43. The van der Waals surface area contributed by atoms with Gasteiger partial charge in [-0.1, -0.05) is 0 Å². The highest BCUT2D eigenvalue weighted by Crippen LogP contribution is 1.94. The van der Waals surface area contributed by atoms with Gasteiger partial charge in [-0.25, -0.2) is 4.79 Å². The molecule has 1 atom stereocenters. The minimum absolute atomic E-state index is 0.237. The van der Waals surface area contributed by atoms with Crippen molar-refractivity contribution in [3.05, 3.63) is 0 Å². The summed E-state index contributed by atoms with van der Waals surface area (Å²) < 4.78 is 0. The van der Waals surface area contributed by atoms with Gasteiger partial charge in [0.1, 0.15) is 6.04 Å². The Kier molecular flexibility index (Phi) is 6.69. The number of unbranched alkanes of at least 4 members (excludes halogenated alkanes) is 1. The Bertz CT molecular complexity index is 196. The average Bonchev–Trinajstić information content (AvgIpc) is 2.14. The van der Waals surface area contributed by atoms with Crippen molar-refractivity contribution < 1.29 is 19.8 Å². The molecule has 0 aliphatic carbocycles. The Morgan fingerprint density at radius 3 is 2.43 bits per heavy atom. The summed E-state index contributed by atoms with van der Waals surface area (Å²) in [5.41, 5.74) is 5.22. The topological polar surface area (TPSA) is 113 Å². The zero-order valence-corrected chi connectivity index (χ0v) is 7.90. The van der Waals surface area contributed by atoms with E-state index in [2.05, 4.69) is 5.32 Å². The van der Waals surface area contributed by atoms with Crippen molar-refractivity contribution in [2.24, 2.45) is 5.73 Å². The predicted octanol–water partition coefficient (Wildman–Crippen LogP) is -1.32. The molecule has 0 rings (SSSR count). The van der Waals surface area contributed by atoms with E-state index >= 15 is 0 Å². The fourth-order valence-electron chi connectivity index (χ4n) is 0.882. The van der Waals surface area contributed by atoms with Gasteiger partial charge in [0, 0.05) is 6.42 Å². The third-order valence-electron chi connectivity index (χ3n) is 1.67. The number of nitrogens with two attached hydrogens (primary N) is 1. The standard InChI is InChI=1S/C8H16N2O4/c9-4-2-1-3-7(12)10-6(5-11)8(13)14/h6,11H,1-5,9H2,(H,10,12)(H,13,14)/t6-/m1/s1. The molecule has 6 heteroatoms. The van der Waals surface area contributed by atoms with Crippen LogP contribution in [-0.2, 0) is 9.59 Å². The molecule has 0 fully saturated rings. The summed E-state index contributed by atoms with van der Waals surface area (Å²) in [5, 5.41) is 19.3. The van der Waals surface area contributed by atoms with Crippen LogP contribution < -0.4 is 11.1 Å². The van der Waals surface area contributed by atoms with E-state index in [4.69, 9.17) is 15.9 Å². The van der Waals surface area contributed by atoms with Crippen LogP contribution >= 0.6 is 0 Å². The van der Waals surface area contributed by atoms with Crippen molar-refractivity contribution in [3.63, 3.8) is 0 Å². The second-order valence-corrected chi connectivity index (χ2v) is 2.89. The summed E-state index contributed by atoms with van der Waals surface area (Å²) >= 11 is 0. The van der Waals surface area contributed by atoms with Crippen molar-refractivity contribution >= 4 is 11.9 Å². The van der Waals surface area contributed by atoms with Crippen molar-refractivity contribution in [1.29, 1.82) is 0 Å². The van der Waals surface area contributed by atoms with Crippen LogP contribution in [0.4, 0.5) is 0 Å². The van der Waals surface area contributed by atoms with Gasteiger partial charge in [0.15, 0.2) is 0 Å². The van der Waals surface area contributed by atoms with Crippen LogP contribution in [-0.4, -0.2) is 41.3 Å². The SMILES string of the molecule is NCCCCC(=O)N[C@H](CO)C(=O)O. The number of aliphatic carboxylic acids is 1. The maximum Gasteiger partial charge on any atom is 0.328 e. The highest BCUT2D eigenvalue weighted by molar-refractivity contribution is 5.83. The first-order valence-corrected chi connectivity index (χ1v) is 4.45. The predicted molar refractivity (Wildman–Crippen MR) is 49.6 cm³/mol. The summed E-state index contributed by atoms with van der Waals surface area (Å²) in [6.45, 7) is -0.0897. The lowest BCUT2D eigenvalue weighted by Gasteiger charge is -2.10. The van der Waals surface area contributed by atoms with Gasteiger partial charge in [0.25, 0.3) is 0 Å². The normalized spacial score (nSPS) is 12.1. The number of carbonyl (C=O) groups is 2. The largest absolute Gasteiger partial charge is 0.480 e. The van der Waals surface area contributed by atoms with Crippen LogP contribution in [0.1, 0.15) is 19.3 Å². The zero-order valence-electron chi connectivity index (χ0n) is 7.90. The summed E-state index contributed by atoms with van der Waals surface area (Å²) in [7, 11) is 0. The number of aliphatic hydroxyl groups is 1. The van der Waals surface area contributed by atoms with Crippen molar-refractivity contribution in [1.82, 2.24) is 5.32 Å². The van der Waals surface area contributed by atoms with Crippen molar-refractivity contribution in [2.75, 3.05) is 13.2 Å². The molecule has 0 spiro atoms. The molecule has 0 aliphatic rings. The monoisotopic (exact) mass is 204 g/mol. The molecular formula is C8H16N2O4. The number of rotatable bonds is 7. The number of carboxylic acid groups (broad SMARTS) is 1. The van der Waals surface area contributed by atoms with Gasteiger partial charge >= 0.3 is 5.97 Å². The van der Waals surface area contributed by atoms with E-state index in [-0.39, 0.29) is 12.3 Å². The molecule has 1 amide bonds. The number of amides is 1. The molecule has 82 valence electrons. The van der Waals surface area contributed by atoms with Crippen LogP contribution in [0.3, 0.4) is 0 Å². The second kappa shape index (κ2) is 7.28. The van der Waals surface area contributed by atoms with E-state index in [1.807, 2.05) is 0 Å². The zero-order chi connectivity index (χ0) is 11.0. The molecule has 0 aromatic heterocycles. The van der Waals surface area contributed by atoms with Gasteiger partial charge in [-0.15, -0.1) is 0 Å². The van der Waals surface area contributed by atoms with Crippen LogP contribution in [0.5, 0.6) is 0 Å². The van der Waals surface area contributed by atoms with Gasteiger partial charge in [0.2, 0.25) is 5.91 Å². The first-order chi connectivity index (χ1) is 6.61. The van der Waals surface area contributed by atoms with Gasteiger partial charge in [-0.3, -0.25) is 4.79 Å². The molecule has 0 radical (unpaired) electrons. The molecule has 0 unspecified atom stereocenters. The summed E-state index contributed by atoms with van der Waals surface area (Å²) in [5.74, 6) is -1.61. The average molecular weight is 204 g/mol. The molecular weight excluding hydrogens is 188 g/mol. The number of hydrogen-bond donors (Lipinski definition) is 4. The summed E-state index contributed by atoms with van der Waals surface area (Å²) in [6, 6.07) is -1.21. The summed E-state index contributed by atoms with van der Waals surface area (Å²) in [4.78, 5) is 21.5. The highest BCUT2D eigenvalue weighted by atomic mass is 16.4. The quantitative estimate of drug-likeness (QED) is 0.384. The minimum atomic E-state index is -1.24. The Hall–Kier alpha value is -1.14. The lowest BCUT2D eigenvalue weighted by atomic mass is 10.2. The highest BCUT2D eigenvalue weighted by Gasteiger charge is 2.17. The number of aliphatic hydroxyl groups excluding tert-OH is 1. The van der Waals surface area contributed by atoms with Gasteiger partial charge in [-0.2, -0.15) is 0 Å². The number of hydrogen-bond acceptors (Lipinski definition) is 4. The van der Waals surface area contributed by atoms with Crippen molar-refractivity contribution in [3.8, 4) is 0 Å². The molecule has 0 saturated carbocycles.